The van der Waals surface area contributed by atoms with E-state index in [-0.39, 0.29) is 0 Å². The summed E-state index contributed by atoms with van der Waals surface area (Å²) >= 11 is 0. The predicted molar refractivity (Wildman–Crippen MR) is 87.8 cm³/mol. The van der Waals surface area contributed by atoms with E-state index in [1.165, 1.54) is 24.1 Å². The number of hydrogen-bond donors (Lipinski definition) is 1. The third kappa shape index (κ3) is 4.97. The number of aromatic nitrogens is 1. The number of pyridine rings is 1. The Hall–Kier alpha value is -1.13. The highest BCUT2D eigenvalue weighted by molar-refractivity contribution is 5.42. The molecule has 2 rings (SSSR count). The van der Waals surface area contributed by atoms with Gasteiger partial charge in [0.05, 0.1) is 0 Å². The van der Waals surface area contributed by atoms with Gasteiger partial charge in [-0.15, -0.1) is 0 Å². The van der Waals surface area contributed by atoms with Crippen LogP contribution in [0.25, 0.3) is 0 Å². The zero-order valence-electron chi connectivity index (χ0n) is 13.7. The van der Waals surface area contributed by atoms with E-state index in [0.717, 1.165) is 51.0 Å². The molecule has 0 aliphatic carbocycles. The van der Waals surface area contributed by atoms with Crippen molar-refractivity contribution in [2.24, 2.45) is 5.92 Å². The molecule has 0 radical (unpaired) electrons. The predicted octanol–water partition coefficient (Wildman–Crippen LogP) is 2.62. The maximum absolute atomic E-state index is 5.44. The Morgan fingerprint density at radius 2 is 2.05 bits per heavy atom. The van der Waals surface area contributed by atoms with Crippen molar-refractivity contribution in [3.05, 3.63) is 23.4 Å². The highest BCUT2D eigenvalue weighted by Crippen LogP contribution is 2.20. The lowest BCUT2D eigenvalue weighted by Crippen LogP contribution is -2.30. The van der Waals surface area contributed by atoms with Crippen LogP contribution in [0.15, 0.2) is 12.1 Å². The summed E-state index contributed by atoms with van der Waals surface area (Å²) in [5.74, 6) is 1.83. The van der Waals surface area contributed by atoms with Gasteiger partial charge in [0.15, 0.2) is 0 Å². The zero-order chi connectivity index (χ0) is 15.1. The number of aryl methyl sites for hydroxylation is 1. The Balaban J connectivity index is 2.05. The average Bonchev–Trinajstić information content (AvgIpc) is 2.53. The van der Waals surface area contributed by atoms with Gasteiger partial charge < -0.3 is 15.0 Å². The fourth-order valence-electron chi connectivity index (χ4n) is 2.79. The minimum atomic E-state index is 0.730. The molecule has 118 valence electrons. The van der Waals surface area contributed by atoms with E-state index in [4.69, 9.17) is 9.72 Å². The normalized spacial score (nSPS) is 16.1. The standard InChI is InChI=1S/C17H29N3O/c1-4-16-10-15(12-18-5-2)11-17(19-16)20(3)13-14-6-8-21-9-7-14/h10-11,14,18H,4-9,12-13H2,1-3H3. The Bertz CT molecular complexity index is 430. The maximum atomic E-state index is 5.44. The Kier molecular flexibility index (Phi) is 6.46. The van der Waals surface area contributed by atoms with Crippen molar-refractivity contribution < 1.29 is 4.74 Å². The molecule has 1 fully saturated rings. The first-order chi connectivity index (χ1) is 10.2. The van der Waals surface area contributed by atoms with Crippen LogP contribution in [0.4, 0.5) is 5.82 Å². The molecule has 1 aliphatic heterocycles. The average molecular weight is 291 g/mol. The van der Waals surface area contributed by atoms with E-state index in [2.05, 4.69) is 43.2 Å². The van der Waals surface area contributed by atoms with Gasteiger partial charge >= 0.3 is 0 Å². The molecule has 21 heavy (non-hydrogen) atoms. The molecule has 4 nitrogen and oxygen atoms in total. The largest absolute Gasteiger partial charge is 0.381 e. The van der Waals surface area contributed by atoms with Crippen LogP contribution >= 0.6 is 0 Å². The first-order valence-corrected chi connectivity index (χ1v) is 8.22. The molecule has 0 saturated carbocycles. The highest BCUT2D eigenvalue weighted by atomic mass is 16.5. The van der Waals surface area contributed by atoms with E-state index in [1.54, 1.807) is 0 Å². The SMILES string of the molecule is CCNCc1cc(CC)nc(N(C)CC2CCOCC2)c1. The number of nitrogens with zero attached hydrogens (tertiary/aromatic N) is 2. The summed E-state index contributed by atoms with van der Waals surface area (Å²) in [6.45, 7) is 9.12. The van der Waals surface area contributed by atoms with Crippen molar-refractivity contribution in [2.75, 3.05) is 38.3 Å². The van der Waals surface area contributed by atoms with Gasteiger partial charge in [0.2, 0.25) is 0 Å². The van der Waals surface area contributed by atoms with Gasteiger partial charge in [-0.05, 0) is 49.4 Å². The number of nitrogens with one attached hydrogen (secondary N) is 1. The van der Waals surface area contributed by atoms with E-state index in [0.29, 0.717) is 0 Å². The van der Waals surface area contributed by atoms with E-state index >= 15 is 0 Å². The molecule has 0 aromatic carbocycles. The van der Waals surface area contributed by atoms with Gasteiger partial charge in [0, 0.05) is 39.0 Å². The molecule has 1 aromatic rings. The molecule has 1 aromatic heterocycles. The number of hydrogen-bond acceptors (Lipinski definition) is 4. The molecule has 1 saturated heterocycles. The second-order valence-corrected chi connectivity index (χ2v) is 5.90. The van der Waals surface area contributed by atoms with Gasteiger partial charge in [-0.25, -0.2) is 4.98 Å². The van der Waals surface area contributed by atoms with Crippen LogP contribution in [0, 0.1) is 5.92 Å². The molecular weight excluding hydrogens is 262 g/mol. The molecule has 0 bridgehead atoms. The van der Waals surface area contributed by atoms with E-state index in [1.807, 2.05) is 0 Å². The monoisotopic (exact) mass is 291 g/mol. The summed E-state index contributed by atoms with van der Waals surface area (Å²) in [5.41, 5.74) is 2.51. The third-order valence-corrected chi connectivity index (χ3v) is 4.13. The van der Waals surface area contributed by atoms with Crippen molar-refractivity contribution in [3.8, 4) is 0 Å². The molecule has 0 atom stereocenters. The van der Waals surface area contributed by atoms with Gasteiger partial charge in [0.1, 0.15) is 5.82 Å². The number of anilines is 1. The summed E-state index contributed by atoms with van der Waals surface area (Å²) in [6.07, 6.45) is 3.32. The second kappa shape index (κ2) is 8.35. The topological polar surface area (TPSA) is 37.4 Å². The number of ether oxygens (including phenoxy) is 1. The molecule has 4 heteroatoms. The molecule has 0 amide bonds. The van der Waals surface area contributed by atoms with Gasteiger partial charge in [-0.2, -0.15) is 0 Å². The van der Waals surface area contributed by atoms with Crippen LogP contribution in [0.5, 0.6) is 0 Å². The summed E-state index contributed by atoms with van der Waals surface area (Å²) in [4.78, 5) is 7.10. The van der Waals surface area contributed by atoms with Crippen LogP contribution in [0.2, 0.25) is 0 Å². The maximum Gasteiger partial charge on any atom is 0.128 e. The number of rotatable bonds is 7. The Morgan fingerprint density at radius 3 is 2.71 bits per heavy atom. The summed E-state index contributed by atoms with van der Waals surface area (Å²) in [6, 6.07) is 4.44. The Morgan fingerprint density at radius 1 is 1.29 bits per heavy atom. The molecule has 1 N–H and O–H groups in total. The lowest BCUT2D eigenvalue weighted by Gasteiger charge is -2.28. The summed E-state index contributed by atoms with van der Waals surface area (Å²) in [5, 5.41) is 3.40. The van der Waals surface area contributed by atoms with Crippen LogP contribution in [-0.4, -0.2) is 38.3 Å². The summed E-state index contributed by atoms with van der Waals surface area (Å²) < 4.78 is 5.44. The van der Waals surface area contributed by atoms with Crippen molar-refractivity contribution in [3.63, 3.8) is 0 Å². The first-order valence-electron chi connectivity index (χ1n) is 8.22. The smallest absolute Gasteiger partial charge is 0.128 e. The van der Waals surface area contributed by atoms with Crippen LogP contribution in [0.3, 0.4) is 0 Å². The van der Waals surface area contributed by atoms with E-state index < -0.39 is 0 Å². The lowest BCUT2D eigenvalue weighted by molar-refractivity contribution is 0.0685. The van der Waals surface area contributed by atoms with E-state index in [9.17, 15) is 0 Å². The van der Waals surface area contributed by atoms with Gasteiger partial charge in [-0.1, -0.05) is 13.8 Å². The zero-order valence-corrected chi connectivity index (χ0v) is 13.7. The molecule has 2 heterocycles. The minimum absolute atomic E-state index is 0.730. The second-order valence-electron chi connectivity index (χ2n) is 5.90. The lowest BCUT2D eigenvalue weighted by atomic mass is 10.00. The summed E-state index contributed by atoms with van der Waals surface area (Å²) in [7, 11) is 2.16. The highest BCUT2D eigenvalue weighted by Gasteiger charge is 2.17. The van der Waals surface area contributed by atoms with Crippen molar-refractivity contribution in [2.45, 2.75) is 39.7 Å². The van der Waals surface area contributed by atoms with Crippen molar-refractivity contribution in [1.29, 1.82) is 0 Å². The molecule has 1 aliphatic rings. The minimum Gasteiger partial charge on any atom is -0.381 e. The fraction of sp³-hybridized carbons (Fsp3) is 0.706. The molecule has 0 unspecified atom stereocenters. The van der Waals surface area contributed by atoms with Crippen molar-refractivity contribution in [1.82, 2.24) is 10.3 Å². The third-order valence-electron chi connectivity index (χ3n) is 4.13. The fourth-order valence-corrected chi connectivity index (χ4v) is 2.79. The first kappa shape index (κ1) is 16.2. The van der Waals surface area contributed by atoms with Crippen LogP contribution < -0.4 is 10.2 Å². The van der Waals surface area contributed by atoms with Gasteiger partial charge in [-0.3, -0.25) is 0 Å². The molecule has 0 spiro atoms. The van der Waals surface area contributed by atoms with Crippen LogP contribution in [-0.2, 0) is 17.7 Å². The van der Waals surface area contributed by atoms with Crippen LogP contribution in [0.1, 0.15) is 37.9 Å². The Labute approximate surface area is 128 Å². The van der Waals surface area contributed by atoms with Gasteiger partial charge in [0.25, 0.3) is 0 Å². The molecular formula is C17H29N3O. The van der Waals surface area contributed by atoms with Crippen molar-refractivity contribution >= 4 is 5.82 Å². The quantitative estimate of drug-likeness (QED) is 0.838.